The summed E-state index contributed by atoms with van der Waals surface area (Å²) in [4.78, 5) is 12.7. The molecule has 0 aliphatic carbocycles. The van der Waals surface area contributed by atoms with Gasteiger partial charge in [-0.05, 0) is 6.92 Å². The first kappa shape index (κ1) is 10.4. The molecule has 0 saturated heterocycles. The first-order chi connectivity index (χ1) is 5.22. The molecule has 0 saturated carbocycles. The van der Waals surface area contributed by atoms with Crippen LogP contribution >= 0.6 is 0 Å². The summed E-state index contributed by atoms with van der Waals surface area (Å²) in [5.41, 5.74) is 5.24. The fraction of sp³-hybridized carbons (Fsp3) is 0.857. The van der Waals surface area contributed by atoms with Crippen LogP contribution in [0.5, 0.6) is 0 Å². The lowest BCUT2D eigenvalue weighted by atomic mass is 10.5. The smallest absolute Gasteiger partial charge is 0.236 e. The van der Waals surface area contributed by atoms with Gasteiger partial charge in [-0.1, -0.05) is 0 Å². The molecule has 11 heavy (non-hydrogen) atoms. The maximum absolute atomic E-state index is 11.1. The Morgan fingerprint density at radius 3 is 2.73 bits per heavy atom. The third-order valence-corrected chi connectivity index (χ3v) is 1.50. The Balaban J connectivity index is 3.36. The SMILES string of the molecule is CCN(C)C(=O)CNCCN. The van der Waals surface area contributed by atoms with Gasteiger partial charge >= 0.3 is 0 Å². The number of carbonyl (C=O) groups is 1. The second-order valence-corrected chi connectivity index (χ2v) is 2.37. The van der Waals surface area contributed by atoms with E-state index in [4.69, 9.17) is 5.73 Å². The highest BCUT2D eigenvalue weighted by Gasteiger charge is 2.03. The van der Waals surface area contributed by atoms with Crippen LogP contribution in [0.2, 0.25) is 0 Å². The lowest BCUT2D eigenvalue weighted by molar-refractivity contribution is -0.128. The number of hydrogen-bond donors (Lipinski definition) is 2. The first-order valence-corrected chi connectivity index (χ1v) is 3.87. The standard InChI is InChI=1S/C7H17N3O/c1-3-10(2)7(11)6-9-5-4-8/h9H,3-6,8H2,1-2H3. The topological polar surface area (TPSA) is 58.4 Å². The molecule has 0 fully saturated rings. The van der Waals surface area contributed by atoms with Gasteiger partial charge in [-0.15, -0.1) is 0 Å². The largest absolute Gasteiger partial charge is 0.345 e. The number of hydrogen-bond acceptors (Lipinski definition) is 3. The zero-order valence-electron chi connectivity index (χ0n) is 7.26. The van der Waals surface area contributed by atoms with Gasteiger partial charge in [-0.2, -0.15) is 0 Å². The quantitative estimate of drug-likeness (QED) is 0.507. The van der Waals surface area contributed by atoms with E-state index in [2.05, 4.69) is 5.32 Å². The van der Waals surface area contributed by atoms with Gasteiger partial charge in [0, 0.05) is 26.7 Å². The van der Waals surface area contributed by atoms with E-state index in [0.29, 0.717) is 19.6 Å². The van der Waals surface area contributed by atoms with Crippen LogP contribution in [0, 0.1) is 0 Å². The number of rotatable bonds is 5. The molecule has 0 atom stereocenters. The molecule has 0 spiro atoms. The van der Waals surface area contributed by atoms with Gasteiger partial charge < -0.3 is 16.0 Å². The molecular weight excluding hydrogens is 142 g/mol. The van der Waals surface area contributed by atoms with Crippen molar-refractivity contribution in [3.05, 3.63) is 0 Å². The van der Waals surface area contributed by atoms with E-state index in [-0.39, 0.29) is 5.91 Å². The average Bonchev–Trinajstić information content (AvgIpc) is 2.03. The van der Waals surface area contributed by atoms with Crippen LogP contribution in [0.3, 0.4) is 0 Å². The van der Waals surface area contributed by atoms with Gasteiger partial charge in [-0.25, -0.2) is 0 Å². The summed E-state index contributed by atoms with van der Waals surface area (Å²) in [6.45, 7) is 4.36. The summed E-state index contributed by atoms with van der Waals surface area (Å²) in [6, 6.07) is 0. The zero-order chi connectivity index (χ0) is 8.69. The summed E-state index contributed by atoms with van der Waals surface area (Å²) in [7, 11) is 1.78. The van der Waals surface area contributed by atoms with E-state index < -0.39 is 0 Å². The minimum atomic E-state index is 0.112. The van der Waals surface area contributed by atoms with Crippen molar-refractivity contribution in [2.24, 2.45) is 5.73 Å². The van der Waals surface area contributed by atoms with Crippen molar-refractivity contribution in [3.8, 4) is 0 Å². The highest BCUT2D eigenvalue weighted by Crippen LogP contribution is 1.80. The molecule has 0 rings (SSSR count). The van der Waals surface area contributed by atoms with Crippen molar-refractivity contribution >= 4 is 5.91 Å². The summed E-state index contributed by atoms with van der Waals surface area (Å²) in [5, 5.41) is 2.93. The van der Waals surface area contributed by atoms with E-state index in [9.17, 15) is 4.79 Å². The van der Waals surface area contributed by atoms with E-state index >= 15 is 0 Å². The minimum absolute atomic E-state index is 0.112. The van der Waals surface area contributed by atoms with E-state index in [1.807, 2.05) is 6.92 Å². The summed E-state index contributed by atoms with van der Waals surface area (Å²) in [6.07, 6.45) is 0. The zero-order valence-corrected chi connectivity index (χ0v) is 7.26. The molecule has 4 nitrogen and oxygen atoms in total. The van der Waals surface area contributed by atoms with Crippen LogP contribution < -0.4 is 11.1 Å². The van der Waals surface area contributed by atoms with E-state index in [0.717, 1.165) is 6.54 Å². The second-order valence-electron chi connectivity index (χ2n) is 2.37. The van der Waals surface area contributed by atoms with Crippen LogP contribution in [-0.2, 0) is 4.79 Å². The number of nitrogens with two attached hydrogens (primary N) is 1. The van der Waals surface area contributed by atoms with Crippen molar-refractivity contribution in [1.82, 2.24) is 10.2 Å². The Kier molecular flexibility index (Phi) is 5.78. The van der Waals surface area contributed by atoms with E-state index in [1.54, 1.807) is 11.9 Å². The molecule has 0 unspecified atom stereocenters. The van der Waals surface area contributed by atoms with Gasteiger partial charge in [0.1, 0.15) is 0 Å². The van der Waals surface area contributed by atoms with Crippen LogP contribution in [0.4, 0.5) is 0 Å². The maximum Gasteiger partial charge on any atom is 0.236 e. The molecule has 0 heterocycles. The van der Waals surface area contributed by atoms with Crippen LogP contribution in [0.25, 0.3) is 0 Å². The third-order valence-electron chi connectivity index (χ3n) is 1.50. The lowest BCUT2D eigenvalue weighted by Gasteiger charge is -2.14. The highest BCUT2D eigenvalue weighted by molar-refractivity contribution is 5.77. The van der Waals surface area contributed by atoms with Crippen molar-refractivity contribution in [2.45, 2.75) is 6.92 Å². The number of carbonyl (C=O) groups excluding carboxylic acids is 1. The summed E-state index contributed by atoms with van der Waals surface area (Å²) >= 11 is 0. The molecule has 0 aromatic heterocycles. The fourth-order valence-corrected chi connectivity index (χ4v) is 0.609. The lowest BCUT2D eigenvalue weighted by Crippen LogP contribution is -2.37. The number of amides is 1. The Labute approximate surface area is 67.7 Å². The van der Waals surface area contributed by atoms with Crippen LogP contribution in [-0.4, -0.2) is 44.0 Å². The van der Waals surface area contributed by atoms with E-state index in [1.165, 1.54) is 0 Å². The number of likely N-dealkylation sites (N-methyl/N-ethyl adjacent to an activating group) is 1. The van der Waals surface area contributed by atoms with Gasteiger partial charge in [0.05, 0.1) is 6.54 Å². The number of nitrogens with zero attached hydrogens (tertiary/aromatic N) is 1. The minimum Gasteiger partial charge on any atom is -0.345 e. The predicted octanol–water partition coefficient (Wildman–Crippen LogP) is -0.987. The highest BCUT2D eigenvalue weighted by atomic mass is 16.2. The molecule has 4 heteroatoms. The summed E-state index contributed by atoms with van der Waals surface area (Å²) < 4.78 is 0. The molecule has 0 aromatic carbocycles. The Bertz CT molecular complexity index is 116. The third kappa shape index (κ3) is 4.75. The Morgan fingerprint density at radius 2 is 2.27 bits per heavy atom. The van der Waals surface area contributed by atoms with Gasteiger partial charge in [0.25, 0.3) is 0 Å². The van der Waals surface area contributed by atoms with Crippen molar-refractivity contribution in [2.75, 3.05) is 33.2 Å². The molecule has 66 valence electrons. The molecule has 0 bridgehead atoms. The Hall–Kier alpha value is -0.610. The van der Waals surface area contributed by atoms with Gasteiger partial charge in [0.2, 0.25) is 5.91 Å². The van der Waals surface area contributed by atoms with Crippen molar-refractivity contribution < 1.29 is 4.79 Å². The van der Waals surface area contributed by atoms with Crippen LogP contribution in [0.1, 0.15) is 6.92 Å². The first-order valence-electron chi connectivity index (χ1n) is 3.87. The fourth-order valence-electron chi connectivity index (χ4n) is 0.609. The average molecular weight is 159 g/mol. The molecule has 0 aromatic rings. The monoisotopic (exact) mass is 159 g/mol. The van der Waals surface area contributed by atoms with Gasteiger partial charge in [-0.3, -0.25) is 4.79 Å². The predicted molar refractivity (Wildman–Crippen MR) is 45.2 cm³/mol. The molecule has 0 aliphatic rings. The second kappa shape index (κ2) is 6.12. The van der Waals surface area contributed by atoms with Crippen molar-refractivity contribution in [3.63, 3.8) is 0 Å². The number of nitrogens with one attached hydrogen (secondary N) is 1. The van der Waals surface area contributed by atoms with Gasteiger partial charge in [0.15, 0.2) is 0 Å². The molecular formula is C7H17N3O. The maximum atomic E-state index is 11.1. The molecule has 0 radical (unpaired) electrons. The normalized spacial score (nSPS) is 9.73. The molecule has 1 amide bonds. The van der Waals surface area contributed by atoms with Crippen LogP contribution in [0.15, 0.2) is 0 Å². The molecule has 0 aliphatic heterocycles. The Morgan fingerprint density at radius 1 is 1.64 bits per heavy atom. The summed E-state index contributed by atoms with van der Waals surface area (Å²) in [5.74, 6) is 0.112. The molecule has 3 N–H and O–H groups in total. The van der Waals surface area contributed by atoms with Crippen molar-refractivity contribution in [1.29, 1.82) is 0 Å².